The molecule has 1 aromatic heterocycles. The average Bonchev–Trinajstić information content (AvgIpc) is 3.02. The van der Waals surface area contributed by atoms with Gasteiger partial charge in [-0.25, -0.2) is 4.98 Å². The van der Waals surface area contributed by atoms with E-state index in [-0.39, 0.29) is 5.54 Å². The molecule has 2 fully saturated rings. The Kier molecular flexibility index (Phi) is 3.43. The highest BCUT2D eigenvalue weighted by molar-refractivity contribution is 7.09. The average molecular weight is 266 g/mol. The molecule has 0 spiro atoms. The molecule has 2 aliphatic rings. The molecule has 1 N–H and O–H groups in total. The molecule has 1 aromatic rings. The predicted molar refractivity (Wildman–Crippen MR) is 74.1 cm³/mol. The van der Waals surface area contributed by atoms with E-state index in [1.54, 1.807) is 11.3 Å². The van der Waals surface area contributed by atoms with E-state index in [1.165, 1.54) is 23.5 Å². The minimum Gasteiger partial charge on any atom is -0.379 e. The van der Waals surface area contributed by atoms with E-state index in [4.69, 9.17) is 9.72 Å². The summed E-state index contributed by atoms with van der Waals surface area (Å²) in [7, 11) is 0. The third kappa shape index (κ3) is 2.46. The quantitative estimate of drug-likeness (QED) is 0.909. The minimum atomic E-state index is -0.00275. The first-order chi connectivity index (χ1) is 8.70. The van der Waals surface area contributed by atoms with Crippen molar-refractivity contribution < 1.29 is 4.74 Å². The van der Waals surface area contributed by atoms with E-state index in [9.17, 15) is 0 Å². The van der Waals surface area contributed by atoms with Gasteiger partial charge in [-0.3, -0.25) is 0 Å². The Labute approximate surface area is 113 Å². The Hall–Kier alpha value is -0.450. The molecule has 1 saturated heterocycles. The van der Waals surface area contributed by atoms with E-state index in [2.05, 4.69) is 24.5 Å². The van der Waals surface area contributed by atoms with Crippen LogP contribution in [-0.4, -0.2) is 24.2 Å². The van der Waals surface area contributed by atoms with Crippen LogP contribution in [0.1, 0.15) is 56.2 Å². The van der Waals surface area contributed by atoms with Crippen molar-refractivity contribution in [1.29, 1.82) is 0 Å². The maximum absolute atomic E-state index is 5.74. The fourth-order valence-corrected chi connectivity index (χ4v) is 3.69. The number of rotatable bonds is 4. The van der Waals surface area contributed by atoms with Gasteiger partial charge in [0, 0.05) is 18.0 Å². The van der Waals surface area contributed by atoms with Crippen LogP contribution in [0.15, 0.2) is 5.38 Å². The standard InChI is InChI=1S/C14H22N2OS/c1-10(2)12-8-18-13(15-12)14(16-11-4-5-11)6-3-7-17-9-14/h8,10-11,16H,3-7,9H2,1-2H3. The van der Waals surface area contributed by atoms with E-state index >= 15 is 0 Å². The van der Waals surface area contributed by atoms with E-state index in [1.807, 2.05) is 0 Å². The van der Waals surface area contributed by atoms with Gasteiger partial charge in [-0.05, 0) is 31.6 Å². The van der Waals surface area contributed by atoms with Crippen LogP contribution in [0, 0.1) is 0 Å². The monoisotopic (exact) mass is 266 g/mol. The Morgan fingerprint density at radius 1 is 1.50 bits per heavy atom. The summed E-state index contributed by atoms with van der Waals surface area (Å²) in [6.45, 7) is 6.10. The summed E-state index contributed by atoms with van der Waals surface area (Å²) in [4.78, 5) is 4.86. The van der Waals surface area contributed by atoms with Crippen LogP contribution in [-0.2, 0) is 10.3 Å². The van der Waals surface area contributed by atoms with Crippen molar-refractivity contribution in [3.05, 3.63) is 16.1 Å². The van der Waals surface area contributed by atoms with E-state index in [0.29, 0.717) is 12.0 Å². The second-order valence-corrected chi connectivity index (χ2v) is 6.75. The normalized spacial score (nSPS) is 28.8. The maximum Gasteiger partial charge on any atom is 0.115 e. The Morgan fingerprint density at radius 3 is 2.89 bits per heavy atom. The molecular weight excluding hydrogens is 244 g/mol. The summed E-state index contributed by atoms with van der Waals surface area (Å²) in [5.41, 5.74) is 1.22. The Balaban J connectivity index is 1.85. The highest BCUT2D eigenvalue weighted by atomic mass is 32.1. The number of hydrogen-bond acceptors (Lipinski definition) is 4. The molecule has 18 heavy (non-hydrogen) atoms. The van der Waals surface area contributed by atoms with E-state index in [0.717, 1.165) is 26.1 Å². The van der Waals surface area contributed by atoms with Gasteiger partial charge in [-0.2, -0.15) is 0 Å². The Bertz CT molecular complexity index is 406. The highest BCUT2D eigenvalue weighted by Gasteiger charge is 2.41. The first kappa shape index (κ1) is 12.6. The van der Waals surface area contributed by atoms with Gasteiger partial charge in [0.2, 0.25) is 0 Å². The van der Waals surface area contributed by atoms with Gasteiger partial charge in [-0.15, -0.1) is 11.3 Å². The highest BCUT2D eigenvalue weighted by Crippen LogP contribution is 2.37. The molecule has 1 aliphatic carbocycles. The first-order valence-electron chi connectivity index (χ1n) is 7.01. The molecule has 0 radical (unpaired) electrons. The van der Waals surface area contributed by atoms with Gasteiger partial charge in [0.1, 0.15) is 5.01 Å². The van der Waals surface area contributed by atoms with Crippen molar-refractivity contribution in [2.75, 3.05) is 13.2 Å². The molecule has 100 valence electrons. The second kappa shape index (κ2) is 4.91. The first-order valence-corrected chi connectivity index (χ1v) is 7.89. The zero-order valence-electron chi connectivity index (χ0n) is 11.2. The summed E-state index contributed by atoms with van der Waals surface area (Å²) >= 11 is 1.80. The molecular formula is C14H22N2OS. The van der Waals surface area contributed by atoms with Crippen LogP contribution in [0.2, 0.25) is 0 Å². The lowest BCUT2D eigenvalue weighted by Gasteiger charge is -2.36. The van der Waals surface area contributed by atoms with Crippen LogP contribution in [0.4, 0.5) is 0 Å². The number of hydrogen-bond donors (Lipinski definition) is 1. The van der Waals surface area contributed by atoms with Gasteiger partial charge in [0.25, 0.3) is 0 Å². The SMILES string of the molecule is CC(C)c1csc(C2(NC3CC3)CCCOC2)n1. The van der Waals surface area contributed by atoms with Gasteiger partial charge in [0.05, 0.1) is 17.8 Å². The molecule has 0 aromatic carbocycles. The molecule has 0 bridgehead atoms. The summed E-state index contributed by atoms with van der Waals surface area (Å²) in [6.07, 6.45) is 4.92. The molecule has 1 unspecified atom stereocenters. The molecule has 4 heteroatoms. The zero-order valence-corrected chi connectivity index (χ0v) is 12.1. The van der Waals surface area contributed by atoms with Crippen molar-refractivity contribution in [3.63, 3.8) is 0 Å². The molecule has 3 nitrogen and oxygen atoms in total. The van der Waals surface area contributed by atoms with Crippen LogP contribution >= 0.6 is 11.3 Å². The lowest BCUT2D eigenvalue weighted by molar-refractivity contribution is 0.0169. The number of nitrogens with one attached hydrogen (secondary N) is 1. The number of ether oxygens (including phenoxy) is 1. The van der Waals surface area contributed by atoms with Crippen molar-refractivity contribution >= 4 is 11.3 Å². The van der Waals surface area contributed by atoms with Crippen molar-refractivity contribution in [2.45, 2.75) is 57.0 Å². The summed E-state index contributed by atoms with van der Waals surface area (Å²) in [6, 6.07) is 0.693. The van der Waals surface area contributed by atoms with Crippen LogP contribution in [0.25, 0.3) is 0 Å². The molecule has 3 rings (SSSR count). The predicted octanol–water partition coefficient (Wildman–Crippen LogP) is 3.02. The molecule has 1 aliphatic heterocycles. The lowest BCUT2D eigenvalue weighted by atomic mass is 9.92. The molecule has 1 atom stereocenters. The number of nitrogens with zero attached hydrogens (tertiary/aromatic N) is 1. The number of aromatic nitrogens is 1. The molecule has 2 heterocycles. The Morgan fingerprint density at radius 2 is 2.33 bits per heavy atom. The lowest BCUT2D eigenvalue weighted by Crippen LogP contribution is -2.49. The maximum atomic E-state index is 5.74. The second-order valence-electron chi connectivity index (χ2n) is 5.89. The summed E-state index contributed by atoms with van der Waals surface area (Å²) in [5, 5.41) is 7.25. The smallest absolute Gasteiger partial charge is 0.115 e. The summed E-state index contributed by atoms with van der Waals surface area (Å²) in [5.74, 6) is 0.512. The van der Waals surface area contributed by atoms with Crippen molar-refractivity contribution in [3.8, 4) is 0 Å². The third-order valence-electron chi connectivity index (χ3n) is 3.82. The fraction of sp³-hybridized carbons (Fsp3) is 0.786. The third-order valence-corrected chi connectivity index (χ3v) is 4.89. The van der Waals surface area contributed by atoms with Gasteiger partial charge < -0.3 is 10.1 Å². The van der Waals surface area contributed by atoms with Crippen molar-refractivity contribution in [1.82, 2.24) is 10.3 Å². The minimum absolute atomic E-state index is 0.00275. The summed E-state index contributed by atoms with van der Waals surface area (Å²) < 4.78 is 5.74. The largest absolute Gasteiger partial charge is 0.379 e. The molecule has 1 saturated carbocycles. The van der Waals surface area contributed by atoms with Gasteiger partial charge >= 0.3 is 0 Å². The van der Waals surface area contributed by atoms with Gasteiger partial charge in [0.15, 0.2) is 0 Å². The number of thiazole rings is 1. The fourth-order valence-electron chi connectivity index (χ4n) is 2.53. The van der Waals surface area contributed by atoms with Crippen molar-refractivity contribution in [2.24, 2.45) is 0 Å². The van der Waals surface area contributed by atoms with Crippen LogP contribution in [0.5, 0.6) is 0 Å². The molecule has 0 amide bonds. The topological polar surface area (TPSA) is 34.1 Å². The zero-order chi connectivity index (χ0) is 12.6. The van der Waals surface area contributed by atoms with Crippen LogP contribution < -0.4 is 5.32 Å². The van der Waals surface area contributed by atoms with Crippen LogP contribution in [0.3, 0.4) is 0 Å². The van der Waals surface area contributed by atoms with Gasteiger partial charge in [-0.1, -0.05) is 13.8 Å². The van der Waals surface area contributed by atoms with E-state index < -0.39 is 0 Å².